The summed E-state index contributed by atoms with van der Waals surface area (Å²) in [6.07, 6.45) is -0.903. The topological polar surface area (TPSA) is 237 Å². The molecule has 1 heterocycles. The number of amides is 6. The van der Waals surface area contributed by atoms with Crippen LogP contribution >= 0.6 is 0 Å². The molecule has 0 aromatic heterocycles. The van der Waals surface area contributed by atoms with Gasteiger partial charge in [-0.05, 0) is 149 Å². The predicted molar refractivity (Wildman–Crippen MR) is 259 cm³/mol. The summed E-state index contributed by atoms with van der Waals surface area (Å²) < 4.78 is 27.0. The van der Waals surface area contributed by atoms with E-state index in [0.29, 0.717) is 47.8 Å². The maximum Gasteiger partial charge on any atom is 0.437 e. The van der Waals surface area contributed by atoms with E-state index in [1.807, 2.05) is 12.1 Å². The molecule has 3 aromatic carbocycles. The summed E-state index contributed by atoms with van der Waals surface area (Å²) >= 11 is 0. The number of carbonyl (C=O) groups excluding carboxylic acids is 6. The minimum atomic E-state index is -0.905. The fourth-order valence-electron chi connectivity index (χ4n) is 6.04. The molecule has 0 saturated heterocycles. The Bertz CT molecular complexity index is 2420. The van der Waals surface area contributed by atoms with Gasteiger partial charge in [0.25, 0.3) is 11.8 Å². The van der Waals surface area contributed by atoms with Crippen molar-refractivity contribution in [2.75, 3.05) is 30.8 Å². The number of rotatable bonds is 8. The molecule has 19 nitrogen and oxygen atoms in total. The van der Waals surface area contributed by atoms with Gasteiger partial charge in [-0.25, -0.2) is 19.2 Å². The molecule has 5 N–H and O–H groups in total. The van der Waals surface area contributed by atoms with Crippen LogP contribution in [0.25, 0.3) is 5.57 Å². The minimum absolute atomic E-state index is 0.00299. The summed E-state index contributed by atoms with van der Waals surface area (Å²) in [5.74, 6) is -0.460. The number of nitrogens with one attached hydrogen (secondary N) is 5. The molecule has 0 unspecified atom stereocenters. The average molecular weight is 941 g/mol. The molecule has 19 heteroatoms. The van der Waals surface area contributed by atoms with Gasteiger partial charge in [-0.2, -0.15) is 0 Å². The molecule has 3 aromatic rings. The molecule has 6 amide bonds. The minimum Gasteiger partial charge on any atom is -0.496 e. The van der Waals surface area contributed by atoms with Gasteiger partial charge < -0.3 is 44.5 Å². The number of hydrogen-bond donors (Lipinski definition) is 5. The molecule has 1 aliphatic rings. The zero-order valence-electron chi connectivity index (χ0n) is 41.1. The number of ether oxygens (including phenoxy) is 5. The van der Waals surface area contributed by atoms with Gasteiger partial charge in [-0.3, -0.25) is 20.2 Å². The van der Waals surface area contributed by atoms with Gasteiger partial charge in [0.1, 0.15) is 28.2 Å². The largest absolute Gasteiger partial charge is 0.496 e. The van der Waals surface area contributed by atoms with E-state index in [4.69, 9.17) is 23.7 Å². The monoisotopic (exact) mass is 940 g/mol. The summed E-state index contributed by atoms with van der Waals surface area (Å²) in [6, 6.07) is 18.3. The summed E-state index contributed by atoms with van der Waals surface area (Å²) in [4.78, 5) is 86.2. The van der Waals surface area contributed by atoms with Crippen molar-refractivity contribution in [3.63, 3.8) is 0 Å². The molecule has 68 heavy (non-hydrogen) atoms. The Labute approximate surface area is 397 Å². The third-order valence-electron chi connectivity index (χ3n) is 8.81. The third kappa shape index (κ3) is 18.4. The molecular formula is C49H64N8O11. The van der Waals surface area contributed by atoms with Crippen LogP contribution in [-0.4, -0.2) is 95.6 Å². The SMILES string of the molecule is COc1cc(NC(=O)c2ccc(C(=O)Nc3ccc(CN/C(=N/C(=O)OC(C)(C)C)NC(=O)OC(C)(C)C)cc3)cc2)ccc1C1=CCN(/C(=N/C(=O)OC(C)(C)C)NC(=O)OC(C)(C)C)CC1. The number of benzene rings is 3. The Kier molecular flexibility index (Phi) is 17.5. The van der Waals surface area contributed by atoms with Crippen molar-refractivity contribution in [1.82, 2.24) is 20.9 Å². The lowest BCUT2D eigenvalue weighted by Crippen LogP contribution is -2.48. The molecule has 0 aliphatic carbocycles. The van der Waals surface area contributed by atoms with E-state index in [0.717, 1.165) is 16.7 Å². The molecule has 0 saturated carbocycles. The van der Waals surface area contributed by atoms with Gasteiger partial charge in [-0.15, -0.1) is 9.98 Å². The Morgan fingerprint density at radius 2 is 1.09 bits per heavy atom. The van der Waals surface area contributed by atoms with Gasteiger partial charge >= 0.3 is 24.4 Å². The predicted octanol–water partition coefficient (Wildman–Crippen LogP) is 9.01. The van der Waals surface area contributed by atoms with Gasteiger partial charge in [0.15, 0.2) is 0 Å². The Morgan fingerprint density at radius 3 is 1.57 bits per heavy atom. The fourth-order valence-corrected chi connectivity index (χ4v) is 6.04. The number of aliphatic imine (C=N–C) groups is 2. The van der Waals surface area contributed by atoms with Crippen LogP contribution in [0.1, 0.15) is 121 Å². The first-order valence-electron chi connectivity index (χ1n) is 21.9. The molecular weight excluding hydrogens is 877 g/mol. The lowest BCUT2D eigenvalue weighted by Gasteiger charge is -2.30. The highest BCUT2D eigenvalue weighted by Gasteiger charge is 2.26. The van der Waals surface area contributed by atoms with Crippen molar-refractivity contribution in [3.05, 3.63) is 95.1 Å². The van der Waals surface area contributed by atoms with Crippen LogP contribution in [0.5, 0.6) is 5.75 Å². The van der Waals surface area contributed by atoms with Crippen LogP contribution in [0.4, 0.5) is 30.6 Å². The van der Waals surface area contributed by atoms with Crippen LogP contribution in [0.15, 0.2) is 82.8 Å². The molecule has 0 spiro atoms. The number of anilines is 2. The summed E-state index contributed by atoms with van der Waals surface area (Å²) in [7, 11) is 1.53. The van der Waals surface area contributed by atoms with Gasteiger partial charge in [0, 0.05) is 53.8 Å². The fraction of sp³-hybridized carbons (Fsp3) is 0.429. The molecule has 4 rings (SSSR count). The number of alkyl carbamates (subject to hydrolysis) is 2. The average Bonchev–Trinajstić information content (AvgIpc) is 3.20. The Hall–Kier alpha value is -7.44. The van der Waals surface area contributed by atoms with Crippen molar-refractivity contribution in [3.8, 4) is 5.75 Å². The summed E-state index contributed by atoms with van der Waals surface area (Å²) in [6.45, 7) is 21.4. The lowest BCUT2D eigenvalue weighted by atomic mass is 9.98. The van der Waals surface area contributed by atoms with E-state index in [1.165, 1.54) is 7.11 Å². The van der Waals surface area contributed by atoms with Crippen molar-refractivity contribution < 1.29 is 52.5 Å². The highest BCUT2D eigenvalue weighted by atomic mass is 16.6. The third-order valence-corrected chi connectivity index (χ3v) is 8.81. The number of nitrogens with zero attached hydrogens (tertiary/aromatic N) is 3. The smallest absolute Gasteiger partial charge is 0.437 e. The molecule has 0 bridgehead atoms. The number of hydrogen-bond acceptors (Lipinski definition) is 11. The van der Waals surface area contributed by atoms with Gasteiger partial charge in [0.05, 0.1) is 7.11 Å². The quantitative estimate of drug-likeness (QED) is 0.0806. The van der Waals surface area contributed by atoms with E-state index < -0.39 is 58.6 Å². The highest BCUT2D eigenvalue weighted by Crippen LogP contribution is 2.33. The van der Waals surface area contributed by atoms with E-state index in [9.17, 15) is 28.8 Å². The summed E-state index contributed by atoms with van der Waals surface area (Å²) in [5, 5.41) is 13.7. The standard InChI is InChI=1S/C49H64N8O11/c1-46(2,3)65-42(60)53-40(54-43(61)66-47(4,5)6)50-29-30-14-20-34(21-15-30)51-38(58)32-16-18-33(19-17-32)39(59)52-35-22-23-36(37(28-35)64-13)31-24-26-57(27-25-31)41(55-44(62)67-48(7,8)9)56-45(63)68-49(10,11)12/h14-24,28H,25-27,29H2,1-13H3,(H,51,58)(H,52,59)(H,55,56,62,63)(H2,50,53,54,60,61). The lowest BCUT2D eigenvalue weighted by molar-refractivity contribution is 0.0539. The van der Waals surface area contributed by atoms with Crippen molar-refractivity contribution >= 4 is 65.1 Å². The van der Waals surface area contributed by atoms with Gasteiger partial charge in [0.2, 0.25) is 11.9 Å². The molecule has 0 fully saturated rings. The van der Waals surface area contributed by atoms with Crippen LogP contribution in [-0.2, 0) is 25.5 Å². The molecule has 0 atom stereocenters. The first-order valence-corrected chi connectivity index (χ1v) is 21.9. The van der Waals surface area contributed by atoms with Crippen molar-refractivity contribution in [2.24, 2.45) is 9.98 Å². The first kappa shape index (κ1) is 53.2. The molecule has 366 valence electrons. The molecule has 0 radical (unpaired) electrons. The van der Waals surface area contributed by atoms with Crippen LogP contribution in [0.3, 0.4) is 0 Å². The zero-order chi connectivity index (χ0) is 50.6. The van der Waals surface area contributed by atoms with E-state index in [1.54, 1.807) is 149 Å². The van der Waals surface area contributed by atoms with Crippen molar-refractivity contribution in [1.29, 1.82) is 0 Å². The second kappa shape index (κ2) is 22.4. The maximum atomic E-state index is 13.3. The van der Waals surface area contributed by atoms with Crippen LogP contribution in [0, 0.1) is 0 Å². The summed E-state index contributed by atoms with van der Waals surface area (Å²) in [5.41, 5.74) is 0.937. The van der Waals surface area contributed by atoms with Crippen molar-refractivity contribution in [2.45, 2.75) is 118 Å². The van der Waals surface area contributed by atoms with Gasteiger partial charge in [-0.1, -0.05) is 18.2 Å². The number of guanidine groups is 2. The second-order valence-electron chi connectivity index (χ2n) is 19.5. The zero-order valence-corrected chi connectivity index (χ0v) is 41.1. The Morgan fingerprint density at radius 1 is 0.603 bits per heavy atom. The second-order valence-corrected chi connectivity index (χ2v) is 19.5. The maximum absolute atomic E-state index is 13.3. The van der Waals surface area contributed by atoms with E-state index in [2.05, 4.69) is 36.6 Å². The van der Waals surface area contributed by atoms with E-state index >= 15 is 0 Å². The van der Waals surface area contributed by atoms with Crippen LogP contribution in [0.2, 0.25) is 0 Å². The molecule has 1 aliphatic heterocycles. The highest BCUT2D eigenvalue weighted by molar-refractivity contribution is 6.07. The van der Waals surface area contributed by atoms with Crippen LogP contribution < -0.4 is 31.3 Å². The Balaban J connectivity index is 1.36. The number of carbonyl (C=O) groups is 6. The normalized spacial score (nSPS) is 13.5. The van der Waals surface area contributed by atoms with E-state index in [-0.39, 0.29) is 18.5 Å². The first-order chi connectivity index (χ1) is 31.5. The number of methoxy groups -OCH3 is 1.